The average Bonchev–Trinajstić information content (AvgIpc) is 2.13. The number of carbonyl (C=O) groups is 2. The van der Waals surface area contributed by atoms with Gasteiger partial charge in [0, 0.05) is 0 Å². The number of hydrogen-bond acceptors (Lipinski definition) is 3. The van der Waals surface area contributed by atoms with Gasteiger partial charge in [-0.2, -0.15) is 0 Å². The van der Waals surface area contributed by atoms with Crippen LogP contribution in [0.25, 0.3) is 0 Å². The van der Waals surface area contributed by atoms with Crippen LogP contribution in [0.4, 0.5) is 14.9 Å². The fraction of sp³-hybridized carbons (Fsp3) is 0.333. The summed E-state index contributed by atoms with van der Waals surface area (Å²) in [6.07, 6.45) is -0.837. The van der Waals surface area contributed by atoms with Crippen molar-refractivity contribution in [3.8, 4) is 0 Å². The second kappa shape index (κ2) is 5.03. The molecule has 1 amide bonds. The molecule has 1 rings (SSSR count). The molecule has 0 bridgehead atoms. The Morgan fingerprint density at radius 2 is 1.94 bits per heavy atom. The Balaban J connectivity index is 2.95. The Bertz CT molecular complexity index is 479. The number of amides is 1. The third-order valence-corrected chi connectivity index (χ3v) is 1.86. The quantitative estimate of drug-likeness (QED) is 0.852. The van der Waals surface area contributed by atoms with Crippen LogP contribution in [0.5, 0.6) is 0 Å². The molecule has 0 aliphatic carbocycles. The van der Waals surface area contributed by atoms with Crippen LogP contribution in [0, 0.1) is 5.82 Å². The van der Waals surface area contributed by atoms with Gasteiger partial charge in [-0.25, -0.2) is 14.0 Å². The first-order valence-electron chi connectivity index (χ1n) is 5.22. The van der Waals surface area contributed by atoms with E-state index in [1.165, 1.54) is 12.1 Å². The van der Waals surface area contributed by atoms with Crippen molar-refractivity contribution in [3.05, 3.63) is 29.6 Å². The molecule has 0 heterocycles. The summed E-state index contributed by atoms with van der Waals surface area (Å²) in [5.74, 6) is -2.38. The largest absolute Gasteiger partial charge is 0.478 e. The Morgan fingerprint density at radius 3 is 2.44 bits per heavy atom. The van der Waals surface area contributed by atoms with Crippen molar-refractivity contribution >= 4 is 17.7 Å². The molecule has 98 valence electrons. The molecule has 18 heavy (non-hydrogen) atoms. The predicted octanol–water partition coefficient (Wildman–Crippen LogP) is 2.87. The van der Waals surface area contributed by atoms with Crippen molar-refractivity contribution in [2.24, 2.45) is 0 Å². The number of rotatable bonds is 2. The molecular weight excluding hydrogens is 241 g/mol. The molecule has 0 aromatic heterocycles. The number of ether oxygens (including phenoxy) is 1. The van der Waals surface area contributed by atoms with Crippen molar-refractivity contribution in [3.63, 3.8) is 0 Å². The SMILES string of the molecule is CC(C)(C)OC(=O)Nc1cccc(F)c1C(=O)O. The van der Waals surface area contributed by atoms with Gasteiger partial charge >= 0.3 is 12.1 Å². The number of carboxylic acid groups (broad SMARTS) is 1. The first-order chi connectivity index (χ1) is 8.20. The van der Waals surface area contributed by atoms with E-state index in [4.69, 9.17) is 9.84 Å². The molecule has 1 aromatic carbocycles. The molecule has 0 aliphatic rings. The highest BCUT2D eigenvalue weighted by Crippen LogP contribution is 2.20. The molecule has 0 spiro atoms. The lowest BCUT2D eigenvalue weighted by Gasteiger charge is -2.20. The maximum Gasteiger partial charge on any atom is 0.412 e. The number of benzene rings is 1. The van der Waals surface area contributed by atoms with Gasteiger partial charge in [-0.1, -0.05) is 6.07 Å². The third kappa shape index (κ3) is 3.73. The molecule has 0 saturated heterocycles. The molecule has 0 unspecified atom stereocenters. The van der Waals surface area contributed by atoms with Gasteiger partial charge in [-0.3, -0.25) is 5.32 Å². The van der Waals surface area contributed by atoms with Crippen LogP contribution < -0.4 is 5.32 Å². The van der Waals surface area contributed by atoms with Crippen LogP contribution in [0.1, 0.15) is 31.1 Å². The van der Waals surface area contributed by atoms with Crippen LogP contribution in [0.3, 0.4) is 0 Å². The Morgan fingerprint density at radius 1 is 1.33 bits per heavy atom. The van der Waals surface area contributed by atoms with E-state index in [9.17, 15) is 14.0 Å². The molecular formula is C12H14FNO4. The fourth-order valence-corrected chi connectivity index (χ4v) is 1.26. The Hall–Kier alpha value is -2.11. The van der Waals surface area contributed by atoms with E-state index in [1.807, 2.05) is 0 Å². The van der Waals surface area contributed by atoms with Crippen molar-refractivity contribution in [1.82, 2.24) is 0 Å². The van der Waals surface area contributed by atoms with Gasteiger partial charge in [0.15, 0.2) is 0 Å². The summed E-state index contributed by atoms with van der Waals surface area (Å²) in [4.78, 5) is 22.3. The minimum atomic E-state index is -1.46. The topological polar surface area (TPSA) is 75.6 Å². The molecule has 0 radical (unpaired) electrons. The van der Waals surface area contributed by atoms with E-state index in [1.54, 1.807) is 20.8 Å². The first kappa shape index (κ1) is 14.0. The van der Waals surface area contributed by atoms with E-state index in [0.717, 1.165) is 6.07 Å². The van der Waals surface area contributed by atoms with Gasteiger partial charge in [0.2, 0.25) is 0 Å². The lowest BCUT2D eigenvalue weighted by molar-refractivity contribution is 0.0636. The average molecular weight is 255 g/mol. The number of aromatic carboxylic acids is 1. The molecule has 0 atom stereocenters. The number of carboxylic acids is 1. The zero-order valence-corrected chi connectivity index (χ0v) is 10.3. The van der Waals surface area contributed by atoms with Gasteiger partial charge in [-0.05, 0) is 32.9 Å². The highest BCUT2D eigenvalue weighted by molar-refractivity contribution is 5.98. The summed E-state index contributed by atoms with van der Waals surface area (Å²) in [5, 5.41) is 11.1. The Labute approximate surface area is 104 Å². The molecule has 0 aliphatic heterocycles. The number of carbonyl (C=O) groups excluding carboxylic acids is 1. The molecule has 0 saturated carbocycles. The standard InChI is InChI=1S/C12H14FNO4/c1-12(2,3)18-11(17)14-8-6-4-5-7(13)9(8)10(15)16/h4-6H,1-3H3,(H,14,17)(H,15,16). The van der Waals surface area contributed by atoms with Crippen molar-refractivity contribution in [2.75, 3.05) is 5.32 Å². The van der Waals surface area contributed by atoms with Crippen molar-refractivity contribution in [2.45, 2.75) is 26.4 Å². The monoisotopic (exact) mass is 255 g/mol. The second-order valence-electron chi connectivity index (χ2n) is 4.59. The lowest BCUT2D eigenvalue weighted by atomic mass is 10.1. The zero-order chi connectivity index (χ0) is 13.9. The van der Waals surface area contributed by atoms with Gasteiger partial charge < -0.3 is 9.84 Å². The lowest BCUT2D eigenvalue weighted by Crippen LogP contribution is -2.27. The summed E-state index contributed by atoms with van der Waals surface area (Å²) in [6, 6.07) is 3.59. The highest BCUT2D eigenvalue weighted by Gasteiger charge is 2.20. The summed E-state index contributed by atoms with van der Waals surface area (Å²) in [6.45, 7) is 4.99. The zero-order valence-electron chi connectivity index (χ0n) is 10.3. The van der Waals surface area contributed by atoms with E-state index in [0.29, 0.717) is 0 Å². The second-order valence-corrected chi connectivity index (χ2v) is 4.59. The third-order valence-electron chi connectivity index (χ3n) is 1.86. The van der Waals surface area contributed by atoms with E-state index in [2.05, 4.69) is 5.32 Å². The number of nitrogens with one attached hydrogen (secondary N) is 1. The van der Waals surface area contributed by atoms with E-state index in [-0.39, 0.29) is 5.69 Å². The van der Waals surface area contributed by atoms with Gasteiger partial charge in [0.25, 0.3) is 0 Å². The van der Waals surface area contributed by atoms with Crippen LogP contribution in [0.15, 0.2) is 18.2 Å². The van der Waals surface area contributed by atoms with Crippen LogP contribution in [-0.2, 0) is 4.74 Å². The Kier molecular flexibility index (Phi) is 3.90. The van der Waals surface area contributed by atoms with Gasteiger partial charge in [0.05, 0.1) is 5.69 Å². The molecule has 0 fully saturated rings. The summed E-state index contributed by atoms with van der Waals surface area (Å²) >= 11 is 0. The maximum absolute atomic E-state index is 13.3. The summed E-state index contributed by atoms with van der Waals surface area (Å²) in [5.41, 5.74) is -1.46. The molecule has 5 nitrogen and oxygen atoms in total. The van der Waals surface area contributed by atoms with Crippen LogP contribution in [-0.4, -0.2) is 22.8 Å². The summed E-state index contributed by atoms with van der Waals surface area (Å²) in [7, 11) is 0. The number of halogens is 1. The fourth-order valence-electron chi connectivity index (χ4n) is 1.26. The van der Waals surface area contributed by atoms with Gasteiger partial charge in [-0.15, -0.1) is 0 Å². The smallest absolute Gasteiger partial charge is 0.412 e. The van der Waals surface area contributed by atoms with E-state index < -0.39 is 29.0 Å². The molecule has 1 aromatic rings. The van der Waals surface area contributed by atoms with E-state index >= 15 is 0 Å². The number of anilines is 1. The molecule has 6 heteroatoms. The molecule has 2 N–H and O–H groups in total. The maximum atomic E-state index is 13.3. The minimum Gasteiger partial charge on any atom is -0.478 e. The summed E-state index contributed by atoms with van der Waals surface area (Å²) < 4.78 is 18.3. The van der Waals surface area contributed by atoms with Crippen LogP contribution in [0.2, 0.25) is 0 Å². The van der Waals surface area contributed by atoms with Crippen molar-refractivity contribution in [1.29, 1.82) is 0 Å². The van der Waals surface area contributed by atoms with Gasteiger partial charge in [0.1, 0.15) is 17.0 Å². The first-order valence-corrected chi connectivity index (χ1v) is 5.22. The highest BCUT2D eigenvalue weighted by atomic mass is 19.1. The predicted molar refractivity (Wildman–Crippen MR) is 63.2 cm³/mol. The van der Waals surface area contributed by atoms with Crippen molar-refractivity contribution < 1.29 is 23.8 Å². The van der Waals surface area contributed by atoms with Crippen LogP contribution >= 0.6 is 0 Å². The minimum absolute atomic E-state index is 0.142. The number of hydrogen-bond donors (Lipinski definition) is 2. The normalized spacial score (nSPS) is 10.9.